The summed E-state index contributed by atoms with van der Waals surface area (Å²) in [5.74, 6) is 1.53. The summed E-state index contributed by atoms with van der Waals surface area (Å²) in [7, 11) is 0. The van der Waals surface area contributed by atoms with E-state index >= 15 is 0 Å². The van der Waals surface area contributed by atoms with E-state index in [1.165, 1.54) is 11.3 Å². The molecule has 1 amide bonds. The van der Waals surface area contributed by atoms with Crippen molar-refractivity contribution in [2.24, 2.45) is 0 Å². The third-order valence-electron chi connectivity index (χ3n) is 3.52. The van der Waals surface area contributed by atoms with Gasteiger partial charge in [-0.15, -0.1) is 0 Å². The molecule has 0 radical (unpaired) electrons. The Balaban J connectivity index is 1.64. The molecule has 1 aromatic heterocycles. The summed E-state index contributed by atoms with van der Waals surface area (Å²) in [5, 5.41) is 3.46. The Morgan fingerprint density at radius 1 is 1.04 bits per heavy atom. The van der Waals surface area contributed by atoms with E-state index in [1.54, 1.807) is 0 Å². The minimum Gasteiger partial charge on any atom is -0.494 e. The SMILES string of the molecule is CCOc1ccc(CC(=O)Nc2nc3ccc(OCC)cc3s2)cc1. The number of benzene rings is 2. The Morgan fingerprint density at radius 2 is 1.72 bits per heavy atom. The van der Waals surface area contributed by atoms with Crippen LogP contribution < -0.4 is 14.8 Å². The van der Waals surface area contributed by atoms with Crippen molar-refractivity contribution < 1.29 is 14.3 Å². The zero-order valence-electron chi connectivity index (χ0n) is 14.2. The fourth-order valence-electron chi connectivity index (χ4n) is 2.43. The first kappa shape index (κ1) is 17.2. The molecule has 0 spiro atoms. The van der Waals surface area contributed by atoms with Crippen molar-refractivity contribution in [3.63, 3.8) is 0 Å². The van der Waals surface area contributed by atoms with Crippen molar-refractivity contribution in [1.29, 1.82) is 0 Å². The highest BCUT2D eigenvalue weighted by Crippen LogP contribution is 2.29. The molecule has 0 unspecified atom stereocenters. The maximum atomic E-state index is 12.2. The highest BCUT2D eigenvalue weighted by Gasteiger charge is 2.09. The molecule has 0 aliphatic rings. The second-order valence-corrected chi connectivity index (χ2v) is 6.41. The average Bonchev–Trinajstić information content (AvgIpc) is 2.98. The second-order valence-electron chi connectivity index (χ2n) is 5.38. The molecule has 1 N–H and O–H groups in total. The predicted octanol–water partition coefficient (Wildman–Crippen LogP) is 4.27. The molecule has 3 aromatic rings. The zero-order chi connectivity index (χ0) is 17.6. The Morgan fingerprint density at radius 3 is 2.44 bits per heavy atom. The number of anilines is 1. The first-order chi connectivity index (χ1) is 12.2. The number of ether oxygens (including phenoxy) is 2. The minimum absolute atomic E-state index is 0.0896. The molecule has 0 aliphatic heterocycles. The van der Waals surface area contributed by atoms with Crippen LogP contribution in [0.2, 0.25) is 0 Å². The number of fused-ring (bicyclic) bond motifs is 1. The van der Waals surface area contributed by atoms with Crippen LogP contribution in [0.4, 0.5) is 5.13 Å². The first-order valence-corrected chi connectivity index (χ1v) is 9.04. The maximum Gasteiger partial charge on any atom is 0.230 e. The van der Waals surface area contributed by atoms with Gasteiger partial charge in [0.1, 0.15) is 11.5 Å². The molecular weight excluding hydrogens is 336 g/mol. The van der Waals surface area contributed by atoms with E-state index in [2.05, 4.69) is 10.3 Å². The van der Waals surface area contributed by atoms with Gasteiger partial charge in [0.25, 0.3) is 0 Å². The van der Waals surface area contributed by atoms with Crippen molar-refractivity contribution in [2.45, 2.75) is 20.3 Å². The quantitative estimate of drug-likeness (QED) is 0.686. The van der Waals surface area contributed by atoms with Gasteiger partial charge >= 0.3 is 0 Å². The zero-order valence-corrected chi connectivity index (χ0v) is 15.1. The second kappa shape index (κ2) is 7.98. The lowest BCUT2D eigenvalue weighted by Crippen LogP contribution is -2.14. The summed E-state index contributed by atoms with van der Waals surface area (Å²) in [5.41, 5.74) is 1.78. The highest BCUT2D eigenvalue weighted by molar-refractivity contribution is 7.22. The number of amides is 1. The van der Waals surface area contributed by atoms with E-state index in [0.717, 1.165) is 27.3 Å². The Bertz CT molecular complexity index is 859. The third kappa shape index (κ3) is 4.48. The molecule has 5 nitrogen and oxygen atoms in total. The summed E-state index contributed by atoms with van der Waals surface area (Å²) < 4.78 is 11.9. The van der Waals surface area contributed by atoms with Crippen molar-refractivity contribution in [3.8, 4) is 11.5 Å². The average molecular weight is 356 g/mol. The van der Waals surface area contributed by atoms with Crippen LogP contribution >= 0.6 is 11.3 Å². The van der Waals surface area contributed by atoms with Crippen LogP contribution in [0, 0.1) is 0 Å². The van der Waals surface area contributed by atoms with Crippen molar-refractivity contribution in [3.05, 3.63) is 48.0 Å². The molecule has 130 valence electrons. The van der Waals surface area contributed by atoms with Crippen molar-refractivity contribution in [1.82, 2.24) is 4.98 Å². The van der Waals surface area contributed by atoms with Crippen molar-refractivity contribution in [2.75, 3.05) is 18.5 Å². The normalized spacial score (nSPS) is 10.6. The number of hydrogen-bond acceptors (Lipinski definition) is 5. The van der Waals surface area contributed by atoms with Gasteiger partial charge in [0.15, 0.2) is 5.13 Å². The summed E-state index contributed by atoms with van der Waals surface area (Å²) >= 11 is 1.44. The molecule has 25 heavy (non-hydrogen) atoms. The first-order valence-electron chi connectivity index (χ1n) is 8.23. The molecule has 0 aliphatic carbocycles. The lowest BCUT2D eigenvalue weighted by Gasteiger charge is -2.05. The molecule has 0 saturated carbocycles. The van der Waals surface area contributed by atoms with E-state index in [1.807, 2.05) is 56.3 Å². The van der Waals surface area contributed by atoms with Gasteiger partial charge in [-0.1, -0.05) is 23.5 Å². The van der Waals surface area contributed by atoms with Gasteiger partial charge in [-0.3, -0.25) is 4.79 Å². The molecule has 0 fully saturated rings. The monoisotopic (exact) mass is 356 g/mol. The largest absolute Gasteiger partial charge is 0.494 e. The molecule has 2 aromatic carbocycles. The van der Waals surface area contributed by atoms with E-state index in [9.17, 15) is 4.79 Å². The molecule has 0 bridgehead atoms. The van der Waals surface area contributed by atoms with E-state index < -0.39 is 0 Å². The maximum absolute atomic E-state index is 12.2. The fourth-order valence-corrected chi connectivity index (χ4v) is 3.34. The van der Waals surface area contributed by atoms with E-state index in [0.29, 0.717) is 24.8 Å². The smallest absolute Gasteiger partial charge is 0.230 e. The van der Waals surface area contributed by atoms with Gasteiger partial charge in [-0.05, 0) is 49.7 Å². The number of thiazole rings is 1. The standard InChI is InChI=1S/C19H20N2O3S/c1-3-23-14-7-5-13(6-8-14)11-18(22)21-19-20-16-10-9-15(24-4-2)12-17(16)25-19/h5-10,12H,3-4,11H2,1-2H3,(H,20,21,22). The molecule has 3 rings (SSSR count). The summed E-state index contributed by atoms with van der Waals surface area (Å²) in [6.07, 6.45) is 0.298. The minimum atomic E-state index is -0.0896. The highest BCUT2D eigenvalue weighted by atomic mass is 32.1. The van der Waals surface area contributed by atoms with Gasteiger partial charge in [0.2, 0.25) is 5.91 Å². The molecule has 0 atom stereocenters. The van der Waals surface area contributed by atoms with Crippen LogP contribution in [-0.2, 0) is 11.2 Å². The van der Waals surface area contributed by atoms with Gasteiger partial charge in [-0.25, -0.2) is 4.98 Å². The van der Waals surface area contributed by atoms with Crippen LogP contribution in [0.3, 0.4) is 0 Å². The topological polar surface area (TPSA) is 60.5 Å². The van der Waals surface area contributed by atoms with Gasteiger partial charge < -0.3 is 14.8 Å². The Kier molecular flexibility index (Phi) is 5.50. The Hall–Kier alpha value is -2.60. The number of hydrogen-bond donors (Lipinski definition) is 1. The fraction of sp³-hybridized carbons (Fsp3) is 0.263. The molecule has 6 heteroatoms. The number of aromatic nitrogens is 1. The van der Waals surface area contributed by atoms with Crippen LogP contribution in [0.1, 0.15) is 19.4 Å². The van der Waals surface area contributed by atoms with Crippen LogP contribution in [-0.4, -0.2) is 24.1 Å². The summed E-state index contributed by atoms with van der Waals surface area (Å²) in [4.78, 5) is 16.7. The van der Waals surface area contributed by atoms with Crippen LogP contribution in [0.15, 0.2) is 42.5 Å². The number of carbonyl (C=O) groups excluding carboxylic acids is 1. The Labute approximate surface area is 150 Å². The van der Waals surface area contributed by atoms with Gasteiger partial charge in [0, 0.05) is 0 Å². The third-order valence-corrected chi connectivity index (χ3v) is 4.45. The van der Waals surface area contributed by atoms with Crippen LogP contribution in [0.5, 0.6) is 11.5 Å². The summed E-state index contributed by atoms with van der Waals surface area (Å²) in [6.45, 7) is 5.14. The van der Waals surface area contributed by atoms with Gasteiger partial charge in [-0.2, -0.15) is 0 Å². The summed E-state index contributed by atoms with van der Waals surface area (Å²) in [6, 6.07) is 13.3. The van der Waals surface area contributed by atoms with Crippen molar-refractivity contribution >= 4 is 32.6 Å². The molecule has 1 heterocycles. The number of nitrogens with one attached hydrogen (secondary N) is 1. The van der Waals surface area contributed by atoms with E-state index in [-0.39, 0.29) is 5.91 Å². The lowest BCUT2D eigenvalue weighted by molar-refractivity contribution is -0.115. The van der Waals surface area contributed by atoms with E-state index in [4.69, 9.17) is 9.47 Å². The number of carbonyl (C=O) groups is 1. The lowest BCUT2D eigenvalue weighted by atomic mass is 10.1. The predicted molar refractivity (Wildman–Crippen MR) is 101 cm³/mol. The number of rotatable bonds is 7. The molecule has 0 saturated heterocycles. The molecular formula is C19H20N2O3S. The van der Waals surface area contributed by atoms with Gasteiger partial charge in [0.05, 0.1) is 29.9 Å². The van der Waals surface area contributed by atoms with Crippen LogP contribution in [0.25, 0.3) is 10.2 Å². The number of nitrogens with zero attached hydrogens (tertiary/aromatic N) is 1.